The van der Waals surface area contributed by atoms with Crippen LogP contribution >= 0.6 is 0 Å². The van der Waals surface area contributed by atoms with Gasteiger partial charge in [-0.1, -0.05) is 0 Å². The molecule has 20 heavy (non-hydrogen) atoms. The van der Waals surface area contributed by atoms with Crippen LogP contribution in [0.5, 0.6) is 5.75 Å². The van der Waals surface area contributed by atoms with Gasteiger partial charge in [-0.3, -0.25) is 0 Å². The number of hydrogen-bond acceptors (Lipinski definition) is 5. The van der Waals surface area contributed by atoms with E-state index in [9.17, 15) is 8.42 Å². The Morgan fingerprint density at radius 2 is 2.00 bits per heavy atom. The summed E-state index contributed by atoms with van der Waals surface area (Å²) in [5, 5.41) is 6.59. The Morgan fingerprint density at radius 3 is 2.70 bits per heavy atom. The molecule has 0 aliphatic carbocycles. The van der Waals surface area contributed by atoms with E-state index < -0.39 is 10.0 Å². The van der Waals surface area contributed by atoms with Crippen molar-refractivity contribution < 1.29 is 13.2 Å². The van der Waals surface area contributed by atoms with Crippen LogP contribution in [0.3, 0.4) is 0 Å². The minimum atomic E-state index is -3.45. The van der Waals surface area contributed by atoms with Crippen LogP contribution in [0.2, 0.25) is 0 Å². The molecule has 0 amide bonds. The lowest BCUT2D eigenvalue weighted by Crippen LogP contribution is -2.51. The predicted octanol–water partition coefficient (Wildman–Crippen LogP) is 0.725. The quantitative estimate of drug-likeness (QED) is 0.750. The standard InChI is InChI=1S/C13H19N3O3S/c1-19-10-2-3-12-11(8-10)15-13(16-20(12,17)18)9-4-6-14-7-5-9/h2-3,8-9,13-16H,4-7H2,1H3/t13-/m1/s1. The van der Waals surface area contributed by atoms with E-state index in [2.05, 4.69) is 15.4 Å². The van der Waals surface area contributed by atoms with Crippen molar-refractivity contribution in [2.75, 3.05) is 25.5 Å². The second-order valence-electron chi connectivity index (χ2n) is 5.19. The number of nitrogens with one attached hydrogen (secondary N) is 3. The van der Waals surface area contributed by atoms with Gasteiger partial charge in [-0.2, -0.15) is 4.72 Å². The molecule has 0 unspecified atom stereocenters. The molecule has 7 heteroatoms. The monoisotopic (exact) mass is 297 g/mol. The zero-order valence-electron chi connectivity index (χ0n) is 11.3. The van der Waals surface area contributed by atoms with Gasteiger partial charge in [-0.25, -0.2) is 8.42 Å². The van der Waals surface area contributed by atoms with Crippen molar-refractivity contribution >= 4 is 15.7 Å². The smallest absolute Gasteiger partial charge is 0.244 e. The minimum Gasteiger partial charge on any atom is -0.497 e. The Bertz CT molecular complexity index is 597. The Kier molecular flexibility index (Phi) is 3.57. The van der Waals surface area contributed by atoms with Gasteiger partial charge in [-0.05, 0) is 44.0 Å². The summed E-state index contributed by atoms with van der Waals surface area (Å²) in [6, 6.07) is 4.97. The third kappa shape index (κ3) is 2.48. The largest absolute Gasteiger partial charge is 0.497 e. The Morgan fingerprint density at radius 1 is 1.25 bits per heavy atom. The highest BCUT2D eigenvalue weighted by Gasteiger charge is 2.34. The predicted molar refractivity (Wildman–Crippen MR) is 76.3 cm³/mol. The second kappa shape index (κ2) is 5.23. The summed E-state index contributed by atoms with van der Waals surface area (Å²) >= 11 is 0. The molecule has 1 fully saturated rings. The summed E-state index contributed by atoms with van der Waals surface area (Å²) < 4.78 is 32.5. The summed E-state index contributed by atoms with van der Waals surface area (Å²) in [7, 11) is -1.88. The molecule has 2 heterocycles. The van der Waals surface area contributed by atoms with E-state index in [0.29, 0.717) is 17.4 Å². The molecule has 2 aliphatic heterocycles. The van der Waals surface area contributed by atoms with Crippen LogP contribution in [-0.2, 0) is 10.0 Å². The topological polar surface area (TPSA) is 79.5 Å². The molecule has 3 rings (SSSR count). The highest BCUT2D eigenvalue weighted by molar-refractivity contribution is 7.89. The number of hydrogen-bond donors (Lipinski definition) is 3. The molecule has 0 spiro atoms. The molecule has 1 atom stereocenters. The maximum Gasteiger partial charge on any atom is 0.244 e. The zero-order valence-corrected chi connectivity index (χ0v) is 12.2. The van der Waals surface area contributed by atoms with Crippen molar-refractivity contribution in [1.82, 2.24) is 10.0 Å². The van der Waals surface area contributed by atoms with Gasteiger partial charge in [0, 0.05) is 6.07 Å². The van der Waals surface area contributed by atoms with Crippen LogP contribution in [0.4, 0.5) is 5.69 Å². The molecule has 0 radical (unpaired) electrons. The zero-order chi connectivity index (χ0) is 14.2. The molecule has 0 saturated carbocycles. The first-order valence-corrected chi connectivity index (χ1v) is 8.26. The normalized spacial score (nSPS) is 25.6. The molecular formula is C13H19N3O3S. The van der Waals surface area contributed by atoms with Crippen LogP contribution in [0.25, 0.3) is 0 Å². The fourth-order valence-corrected chi connectivity index (χ4v) is 4.17. The molecule has 1 saturated heterocycles. The van der Waals surface area contributed by atoms with Crippen LogP contribution in [0.15, 0.2) is 23.1 Å². The summed E-state index contributed by atoms with van der Waals surface area (Å²) in [5.74, 6) is 0.947. The van der Waals surface area contributed by atoms with Gasteiger partial charge in [0.1, 0.15) is 10.6 Å². The molecule has 110 valence electrons. The lowest BCUT2D eigenvalue weighted by molar-refractivity contribution is 0.319. The van der Waals surface area contributed by atoms with Crippen molar-refractivity contribution in [3.05, 3.63) is 18.2 Å². The van der Waals surface area contributed by atoms with E-state index in [1.165, 1.54) is 0 Å². The highest BCUT2D eigenvalue weighted by Crippen LogP contribution is 2.32. The van der Waals surface area contributed by atoms with Crippen LogP contribution in [0, 0.1) is 5.92 Å². The maximum absolute atomic E-state index is 12.3. The average Bonchev–Trinajstić information content (AvgIpc) is 2.46. The molecule has 6 nitrogen and oxygen atoms in total. The third-order valence-corrected chi connectivity index (χ3v) is 5.42. The van der Waals surface area contributed by atoms with Gasteiger partial charge >= 0.3 is 0 Å². The molecule has 1 aromatic rings. The van der Waals surface area contributed by atoms with E-state index >= 15 is 0 Å². The summed E-state index contributed by atoms with van der Waals surface area (Å²) in [6.45, 7) is 1.85. The summed E-state index contributed by atoms with van der Waals surface area (Å²) in [6.07, 6.45) is 1.67. The van der Waals surface area contributed by atoms with Gasteiger partial charge in [-0.15, -0.1) is 0 Å². The van der Waals surface area contributed by atoms with Gasteiger partial charge in [0.2, 0.25) is 10.0 Å². The van der Waals surface area contributed by atoms with Gasteiger partial charge in [0.25, 0.3) is 0 Å². The number of anilines is 1. The molecule has 0 bridgehead atoms. The van der Waals surface area contributed by atoms with Crippen molar-refractivity contribution in [3.8, 4) is 5.75 Å². The number of ether oxygens (including phenoxy) is 1. The molecule has 0 aromatic heterocycles. The minimum absolute atomic E-state index is 0.248. The second-order valence-corrected chi connectivity index (χ2v) is 6.88. The Balaban J connectivity index is 1.92. The first-order chi connectivity index (χ1) is 9.60. The highest BCUT2D eigenvalue weighted by atomic mass is 32.2. The van der Waals surface area contributed by atoms with Crippen molar-refractivity contribution in [1.29, 1.82) is 0 Å². The lowest BCUT2D eigenvalue weighted by atomic mass is 9.95. The van der Waals surface area contributed by atoms with E-state index in [4.69, 9.17) is 4.74 Å². The summed E-state index contributed by atoms with van der Waals surface area (Å²) in [4.78, 5) is 0.281. The van der Waals surface area contributed by atoms with Crippen LogP contribution in [-0.4, -0.2) is 34.8 Å². The van der Waals surface area contributed by atoms with Crippen molar-refractivity contribution in [2.24, 2.45) is 5.92 Å². The van der Waals surface area contributed by atoms with Crippen molar-refractivity contribution in [2.45, 2.75) is 23.9 Å². The fourth-order valence-electron chi connectivity index (χ4n) is 2.80. The number of piperidine rings is 1. The number of benzene rings is 1. The molecule has 1 aromatic carbocycles. The maximum atomic E-state index is 12.3. The average molecular weight is 297 g/mol. The first kappa shape index (κ1) is 13.7. The van der Waals surface area contributed by atoms with E-state index in [1.54, 1.807) is 25.3 Å². The summed E-state index contributed by atoms with van der Waals surface area (Å²) in [5.41, 5.74) is 0.617. The van der Waals surface area contributed by atoms with Gasteiger partial charge < -0.3 is 15.4 Å². The molecule has 2 aliphatic rings. The number of rotatable bonds is 2. The van der Waals surface area contributed by atoms with Crippen LogP contribution in [0.1, 0.15) is 12.8 Å². The van der Waals surface area contributed by atoms with Gasteiger partial charge in [0.05, 0.1) is 19.0 Å². The van der Waals surface area contributed by atoms with E-state index in [1.807, 2.05) is 0 Å². The van der Waals surface area contributed by atoms with Gasteiger partial charge in [0.15, 0.2) is 0 Å². The Hall–Kier alpha value is -1.31. The number of methoxy groups -OCH3 is 1. The molecule has 3 N–H and O–H groups in total. The molecular weight excluding hydrogens is 278 g/mol. The third-order valence-electron chi connectivity index (χ3n) is 3.92. The van der Waals surface area contributed by atoms with E-state index in [-0.39, 0.29) is 11.1 Å². The fraction of sp³-hybridized carbons (Fsp3) is 0.538. The number of sulfonamides is 1. The van der Waals surface area contributed by atoms with Crippen LogP contribution < -0.4 is 20.1 Å². The number of fused-ring (bicyclic) bond motifs is 1. The van der Waals surface area contributed by atoms with E-state index in [0.717, 1.165) is 25.9 Å². The first-order valence-electron chi connectivity index (χ1n) is 6.78. The lowest BCUT2D eigenvalue weighted by Gasteiger charge is -2.35. The van der Waals surface area contributed by atoms with Crippen molar-refractivity contribution in [3.63, 3.8) is 0 Å². The SMILES string of the molecule is COc1ccc2c(c1)N[C@@H](C1CCNCC1)NS2(=O)=O. The Labute approximate surface area is 118 Å².